The van der Waals surface area contributed by atoms with Crippen molar-refractivity contribution < 1.29 is 28.6 Å². The summed E-state index contributed by atoms with van der Waals surface area (Å²) in [5, 5.41) is 2.76. The largest absolute Gasteiger partial charge is 0.493 e. The van der Waals surface area contributed by atoms with E-state index in [9.17, 15) is 14.4 Å². The molecule has 3 aliphatic heterocycles. The lowest BCUT2D eigenvalue weighted by atomic mass is 10.0. The molecule has 0 bridgehead atoms. The molecule has 0 saturated carbocycles. The first-order chi connectivity index (χ1) is 24.2. The average Bonchev–Trinajstić information content (AvgIpc) is 3.13. The molecular formula is C39H59N5O6. The third-order valence-electron chi connectivity index (χ3n) is 10.1. The van der Waals surface area contributed by atoms with Crippen molar-refractivity contribution in [3.63, 3.8) is 0 Å². The van der Waals surface area contributed by atoms with Crippen molar-refractivity contribution in [2.45, 2.75) is 78.3 Å². The fourth-order valence-corrected chi connectivity index (χ4v) is 7.20. The Morgan fingerprint density at radius 3 is 2.24 bits per heavy atom. The number of amides is 3. The van der Waals surface area contributed by atoms with Crippen LogP contribution in [0.3, 0.4) is 0 Å². The molecule has 0 spiro atoms. The van der Waals surface area contributed by atoms with Crippen LogP contribution in [0.1, 0.15) is 61.3 Å². The lowest BCUT2D eigenvalue weighted by molar-refractivity contribution is -0.137. The van der Waals surface area contributed by atoms with Gasteiger partial charge in [-0.1, -0.05) is 42.8 Å². The zero-order valence-electron chi connectivity index (χ0n) is 31.0. The van der Waals surface area contributed by atoms with Crippen molar-refractivity contribution in [3.05, 3.63) is 58.7 Å². The standard InChI is InChI=1S/C27H41N5O5.C12H18O/c1-29(11-6-22-4-2-3-5-25(22)28-21-33)23-7-12-32(13-8-23)27(35)37-20-26(34)31-16-14-30(15-17-31)24-9-18-36-19-10-24;1-5-6-13-12-10(3)7-9(2)8-11(12)4/h2-5,21,23-24H,6-20H2,1H3,(H,28,33);7-8H,5-6H2,1-4H3. The van der Waals surface area contributed by atoms with Crippen molar-refractivity contribution in [1.29, 1.82) is 0 Å². The number of benzene rings is 2. The van der Waals surface area contributed by atoms with Gasteiger partial charge in [0.15, 0.2) is 6.61 Å². The molecule has 3 fully saturated rings. The summed E-state index contributed by atoms with van der Waals surface area (Å²) in [5.41, 5.74) is 5.74. The zero-order chi connectivity index (χ0) is 35.9. The number of anilines is 1. The molecule has 0 atom stereocenters. The van der Waals surface area contributed by atoms with Gasteiger partial charge in [-0.25, -0.2) is 4.79 Å². The van der Waals surface area contributed by atoms with E-state index in [-0.39, 0.29) is 12.5 Å². The first-order valence-corrected chi connectivity index (χ1v) is 18.4. The molecule has 11 heteroatoms. The molecule has 0 aromatic heterocycles. The predicted octanol–water partition coefficient (Wildman–Crippen LogP) is 5.05. The highest BCUT2D eigenvalue weighted by Crippen LogP contribution is 2.25. The fourth-order valence-electron chi connectivity index (χ4n) is 7.20. The summed E-state index contributed by atoms with van der Waals surface area (Å²) in [4.78, 5) is 44.4. The number of carbonyl (C=O) groups excluding carboxylic acids is 3. The number of hydrogen-bond acceptors (Lipinski definition) is 8. The number of piperidine rings is 1. The van der Waals surface area contributed by atoms with Crippen molar-refractivity contribution in [2.75, 3.05) is 84.6 Å². The molecule has 0 aliphatic carbocycles. The maximum atomic E-state index is 12.6. The molecule has 3 saturated heterocycles. The number of ether oxygens (including phenoxy) is 3. The first kappa shape index (κ1) is 39.1. The van der Waals surface area contributed by atoms with Crippen LogP contribution in [-0.2, 0) is 25.5 Å². The SMILES string of the molecule is CCCOc1c(C)cc(C)cc1C.CN(CCc1ccccc1NC=O)C1CCN(C(=O)OCC(=O)N2CCN(C3CCOCC3)CC2)CC1. The van der Waals surface area contributed by atoms with Crippen LogP contribution in [0.4, 0.5) is 10.5 Å². The van der Waals surface area contributed by atoms with Crippen LogP contribution in [-0.4, -0.2) is 129 Å². The summed E-state index contributed by atoms with van der Waals surface area (Å²) in [5.74, 6) is 0.950. The minimum absolute atomic E-state index is 0.112. The van der Waals surface area contributed by atoms with Crippen LogP contribution in [0.25, 0.3) is 0 Å². The summed E-state index contributed by atoms with van der Waals surface area (Å²) in [6.45, 7) is 15.9. The van der Waals surface area contributed by atoms with Gasteiger partial charge >= 0.3 is 6.09 Å². The lowest BCUT2D eigenvalue weighted by Gasteiger charge is -2.40. The molecule has 3 heterocycles. The molecule has 2 aromatic rings. The van der Waals surface area contributed by atoms with Gasteiger partial charge in [-0.2, -0.15) is 0 Å². The van der Waals surface area contributed by atoms with E-state index < -0.39 is 6.09 Å². The average molecular weight is 694 g/mol. The maximum Gasteiger partial charge on any atom is 0.410 e. The Kier molecular flexibility index (Phi) is 15.8. The number of nitrogens with zero attached hydrogens (tertiary/aromatic N) is 4. The van der Waals surface area contributed by atoms with E-state index in [4.69, 9.17) is 14.2 Å². The highest BCUT2D eigenvalue weighted by molar-refractivity contribution is 5.80. The van der Waals surface area contributed by atoms with Crippen molar-refractivity contribution in [3.8, 4) is 5.75 Å². The van der Waals surface area contributed by atoms with Crippen LogP contribution < -0.4 is 10.1 Å². The second kappa shape index (κ2) is 20.2. The number of nitrogens with one attached hydrogen (secondary N) is 1. The van der Waals surface area contributed by atoms with Crippen LogP contribution in [0.15, 0.2) is 36.4 Å². The first-order valence-electron chi connectivity index (χ1n) is 18.4. The number of hydrogen-bond donors (Lipinski definition) is 1. The minimum Gasteiger partial charge on any atom is -0.493 e. The van der Waals surface area contributed by atoms with Gasteiger partial charge in [-0.05, 0) is 89.1 Å². The second-order valence-corrected chi connectivity index (χ2v) is 13.8. The van der Waals surface area contributed by atoms with E-state index in [1.165, 1.54) is 16.7 Å². The summed E-state index contributed by atoms with van der Waals surface area (Å²) in [6, 6.07) is 13.1. The van der Waals surface area contributed by atoms with E-state index in [0.29, 0.717) is 44.7 Å². The number of rotatable bonds is 12. The Labute approximate surface area is 299 Å². The van der Waals surface area contributed by atoms with Crippen LogP contribution in [0, 0.1) is 20.8 Å². The topological polar surface area (TPSA) is 104 Å². The highest BCUT2D eigenvalue weighted by atomic mass is 16.6. The minimum atomic E-state index is -0.399. The number of para-hydroxylation sites is 1. The highest BCUT2D eigenvalue weighted by Gasteiger charge is 2.29. The van der Waals surface area contributed by atoms with Gasteiger partial charge in [0, 0.05) is 76.8 Å². The summed E-state index contributed by atoms with van der Waals surface area (Å²) >= 11 is 0. The Balaban J connectivity index is 0.000000363. The van der Waals surface area contributed by atoms with Gasteiger partial charge in [0.1, 0.15) is 5.75 Å². The van der Waals surface area contributed by atoms with Gasteiger partial charge in [-0.15, -0.1) is 0 Å². The van der Waals surface area contributed by atoms with E-state index in [2.05, 4.69) is 62.0 Å². The van der Waals surface area contributed by atoms with Gasteiger partial charge in [-0.3, -0.25) is 14.5 Å². The number of carbonyl (C=O) groups is 3. The molecule has 50 heavy (non-hydrogen) atoms. The smallest absolute Gasteiger partial charge is 0.410 e. The van der Waals surface area contributed by atoms with Crippen LogP contribution >= 0.6 is 0 Å². The Bertz CT molecular complexity index is 1340. The van der Waals surface area contributed by atoms with Crippen molar-refractivity contribution >= 4 is 24.1 Å². The van der Waals surface area contributed by atoms with Gasteiger partial charge in [0.05, 0.1) is 6.61 Å². The van der Waals surface area contributed by atoms with Gasteiger partial charge in [0.25, 0.3) is 5.91 Å². The number of piperazine rings is 1. The Morgan fingerprint density at radius 2 is 1.60 bits per heavy atom. The van der Waals surface area contributed by atoms with E-state index in [0.717, 1.165) is 95.0 Å². The van der Waals surface area contributed by atoms with Gasteiger partial charge in [0.2, 0.25) is 6.41 Å². The molecule has 11 nitrogen and oxygen atoms in total. The van der Waals surface area contributed by atoms with Crippen LogP contribution in [0.5, 0.6) is 5.75 Å². The molecule has 0 unspecified atom stereocenters. The molecule has 3 amide bonds. The number of aryl methyl sites for hydroxylation is 3. The summed E-state index contributed by atoms with van der Waals surface area (Å²) < 4.78 is 16.5. The third-order valence-corrected chi connectivity index (χ3v) is 10.1. The number of likely N-dealkylation sites (tertiary alicyclic amines) is 1. The second-order valence-electron chi connectivity index (χ2n) is 13.8. The molecule has 3 aliphatic rings. The monoisotopic (exact) mass is 693 g/mol. The normalized spacial score (nSPS) is 17.6. The maximum absolute atomic E-state index is 12.6. The predicted molar refractivity (Wildman–Crippen MR) is 197 cm³/mol. The molecule has 0 radical (unpaired) electrons. The quantitative estimate of drug-likeness (QED) is 0.308. The molecular weight excluding hydrogens is 634 g/mol. The van der Waals surface area contributed by atoms with Crippen molar-refractivity contribution in [1.82, 2.24) is 19.6 Å². The number of likely N-dealkylation sites (N-methyl/N-ethyl adjacent to an activating group) is 1. The van der Waals surface area contributed by atoms with E-state index >= 15 is 0 Å². The van der Waals surface area contributed by atoms with Crippen LogP contribution in [0.2, 0.25) is 0 Å². The van der Waals surface area contributed by atoms with Gasteiger partial charge < -0.3 is 34.2 Å². The Hall–Kier alpha value is -3.67. The Morgan fingerprint density at radius 1 is 0.940 bits per heavy atom. The molecule has 276 valence electrons. The van der Waals surface area contributed by atoms with E-state index in [1.807, 2.05) is 29.2 Å². The molecule has 1 N–H and O–H groups in total. The fraction of sp³-hybridized carbons (Fsp3) is 0.615. The van der Waals surface area contributed by atoms with Crippen molar-refractivity contribution in [2.24, 2.45) is 0 Å². The summed E-state index contributed by atoms with van der Waals surface area (Å²) in [7, 11) is 2.11. The third kappa shape index (κ3) is 11.7. The van der Waals surface area contributed by atoms with E-state index in [1.54, 1.807) is 4.90 Å². The molecule has 5 rings (SSSR count). The zero-order valence-corrected chi connectivity index (χ0v) is 31.0. The molecule has 2 aromatic carbocycles. The lowest BCUT2D eigenvalue weighted by Crippen LogP contribution is -2.54. The summed E-state index contributed by atoms with van der Waals surface area (Å²) in [6.07, 6.45) is 6.05.